The lowest BCUT2D eigenvalue weighted by atomic mass is 10.0. The number of fused-ring (bicyclic) bond motifs is 1. The molecule has 4 aromatic rings. The molecule has 12 heteroatoms. The highest BCUT2D eigenvalue weighted by Gasteiger charge is 2.30. The molecule has 43 heavy (non-hydrogen) atoms. The average molecular weight is 607 g/mol. The molecule has 2 N–H and O–H groups in total. The average Bonchev–Trinajstić information content (AvgIpc) is 3.45. The largest absolute Gasteiger partial charge is 0.443 e. The van der Waals surface area contributed by atoms with Crippen LogP contribution < -0.4 is 10.0 Å². The quantitative estimate of drug-likeness (QED) is 0.219. The first kappa shape index (κ1) is 31.4. The summed E-state index contributed by atoms with van der Waals surface area (Å²) in [5.41, 5.74) is 1.95. The van der Waals surface area contributed by atoms with Gasteiger partial charge in [0.15, 0.2) is 11.9 Å². The molecule has 1 atom stereocenters. The van der Waals surface area contributed by atoms with Gasteiger partial charge in [0.2, 0.25) is 5.09 Å². The van der Waals surface area contributed by atoms with Gasteiger partial charge in [0.05, 0.1) is 13.1 Å². The van der Waals surface area contributed by atoms with Gasteiger partial charge in [-0.15, -0.1) is 0 Å². The van der Waals surface area contributed by atoms with Gasteiger partial charge in [-0.3, -0.25) is 14.6 Å². The standard InChI is InChI=1S/C31H34N4O7S/c1-22(2)16-28(42-31(38)33-18-23-8-4-3-5-9-23)30(37)35(20-24-12-14-32-15-13-24)21-26(36)19-34-43(39,40)29-17-25-10-6-7-11-27(25)41-29/h3-15,17,22,28,34H,16,18-21H2,1-2H3,(H,33,38)/t28-/m0/s1. The van der Waals surface area contributed by atoms with Gasteiger partial charge < -0.3 is 19.4 Å². The number of carbonyl (C=O) groups excluding carboxylic acids is 3. The molecule has 0 saturated carbocycles. The van der Waals surface area contributed by atoms with Gasteiger partial charge >= 0.3 is 6.09 Å². The Bertz CT molecular complexity index is 1610. The number of furan rings is 1. The van der Waals surface area contributed by atoms with E-state index >= 15 is 0 Å². The van der Waals surface area contributed by atoms with E-state index in [1.807, 2.05) is 44.2 Å². The van der Waals surface area contributed by atoms with Crippen molar-refractivity contribution in [3.63, 3.8) is 0 Å². The van der Waals surface area contributed by atoms with E-state index in [9.17, 15) is 22.8 Å². The zero-order valence-electron chi connectivity index (χ0n) is 23.9. The van der Waals surface area contributed by atoms with Crippen LogP contribution in [0.15, 0.2) is 94.7 Å². The highest BCUT2D eigenvalue weighted by molar-refractivity contribution is 7.89. The fraction of sp³-hybridized carbons (Fsp3) is 0.290. The van der Waals surface area contributed by atoms with Crippen molar-refractivity contribution in [2.24, 2.45) is 5.92 Å². The molecule has 4 rings (SSSR count). The number of alkyl carbamates (subject to hydrolysis) is 1. The number of aromatic nitrogens is 1. The van der Waals surface area contributed by atoms with Gasteiger partial charge in [0.25, 0.3) is 15.9 Å². The van der Waals surface area contributed by atoms with Crippen LogP contribution in [0.5, 0.6) is 0 Å². The van der Waals surface area contributed by atoms with Crippen molar-refractivity contribution in [1.29, 1.82) is 0 Å². The van der Waals surface area contributed by atoms with Crippen LogP contribution in [-0.4, -0.2) is 55.3 Å². The van der Waals surface area contributed by atoms with E-state index in [1.54, 1.807) is 48.8 Å². The molecule has 226 valence electrons. The van der Waals surface area contributed by atoms with Crippen molar-refractivity contribution >= 4 is 38.8 Å². The highest BCUT2D eigenvalue weighted by atomic mass is 32.2. The lowest BCUT2D eigenvalue weighted by Gasteiger charge is -2.28. The number of carbonyl (C=O) groups is 3. The van der Waals surface area contributed by atoms with Crippen molar-refractivity contribution in [2.45, 2.75) is 44.6 Å². The molecule has 0 radical (unpaired) electrons. The first-order valence-corrected chi connectivity index (χ1v) is 15.2. The van der Waals surface area contributed by atoms with E-state index in [-0.39, 0.29) is 30.5 Å². The summed E-state index contributed by atoms with van der Waals surface area (Å²) in [6.45, 7) is 3.01. The maximum Gasteiger partial charge on any atom is 0.408 e. The van der Waals surface area contributed by atoms with E-state index in [4.69, 9.17) is 9.15 Å². The second-order valence-electron chi connectivity index (χ2n) is 10.4. The summed E-state index contributed by atoms with van der Waals surface area (Å²) in [7, 11) is -4.14. The number of benzene rings is 2. The van der Waals surface area contributed by atoms with E-state index in [2.05, 4.69) is 15.0 Å². The maximum absolute atomic E-state index is 13.7. The molecular weight excluding hydrogens is 572 g/mol. The molecule has 0 aliphatic heterocycles. The molecule has 0 fully saturated rings. The van der Waals surface area contributed by atoms with Crippen LogP contribution >= 0.6 is 0 Å². The Morgan fingerprint density at radius 3 is 2.35 bits per heavy atom. The second kappa shape index (κ2) is 14.6. The van der Waals surface area contributed by atoms with Gasteiger partial charge in [-0.25, -0.2) is 17.9 Å². The fourth-order valence-corrected chi connectivity index (χ4v) is 5.27. The van der Waals surface area contributed by atoms with Crippen molar-refractivity contribution in [2.75, 3.05) is 13.1 Å². The van der Waals surface area contributed by atoms with Crippen LogP contribution in [0.4, 0.5) is 4.79 Å². The molecule has 2 aromatic carbocycles. The van der Waals surface area contributed by atoms with Gasteiger partial charge in [-0.05, 0) is 41.7 Å². The molecule has 0 unspecified atom stereocenters. The summed E-state index contributed by atoms with van der Waals surface area (Å²) in [5.74, 6) is -1.15. The van der Waals surface area contributed by atoms with E-state index < -0.39 is 47.0 Å². The molecular formula is C31H34N4O7S. The van der Waals surface area contributed by atoms with Crippen LogP contribution in [0.3, 0.4) is 0 Å². The number of sulfonamides is 1. The first-order chi connectivity index (χ1) is 20.6. The number of Topliss-reactive ketones (excluding diaryl/α,β-unsaturated/α-hetero) is 1. The maximum atomic E-state index is 13.7. The minimum Gasteiger partial charge on any atom is -0.443 e. The van der Waals surface area contributed by atoms with Gasteiger partial charge in [-0.1, -0.05) is 62.4 Å². The van der Waals surface area contributed by atoms with E-state index in [0.717, 1.165) is 5.56 Å². The van der Waals surface area contributed by atoms with Crippen LogP contribution in [0.1, 0.15) is 31.4 Å². The predicted molar refractivity (Wildman–Crippen MR) is 159 cm³/mol. The van der Waals surface area contributed by atoms with Crippen LogP contribution in [0, 0.1) is 5.92 Å². The fourth-order valence-electron chi connectivity index (χ4n) is 4.30. The molecule has 2 heterocycles. The summed E-state index contributed by atoms with van der Waals surface area (Å²) in [4.78, 5) is 44.7. The highest BCUT2D eigenvalue weighted by Crippen LogP contribution is 2.22. The smallest absolute Gasteiger partial charge is 0.408 e. The number of nitrogens with zero attached hydrogens (tertiary/aromatic N) is 2. The van der Waals surface area contributed by atoms with Crippen molar-refractivity contribution in [3.05, 3.63) is 96.3 Å². The monoisotopic (exact) mass is 606 g/mol. The second-order valence-corrected chi connectivity index (χ2v) is 12.1. The molecule has 11 nitrogen and oxygen atoms in total. The predicted octanol–water partition coefficient (Wildman–Crippen LogP) is 4.05. The lowest BCUT2D eigenvalue weighted by molar-refractivity contribution is -0.144. The molecule has 0 saturated heterocycles. The normalized spacial score (nSPS) is 12.2. The summed E-state index contributed by atoms with van der Waals surface area (Å²) >= 11 is 0. The molecule has 0 spiro atoms. The van der Waals surface area contributed by atoms with Crippen molar-refractivity contribution < 1.29 is 32.0 Å². The third-order valence-electron chi connectivity index (χ3n) is 6.42. The Morgan fingerprint density at radius 1 is 0.953 bits per heavy atom. The topological polar surface area (TPSA) is 148 Å². The summed E-state index contributed by atoms with van der Waals surface area (Å²) in [5, 5.41) is 2.94. The summed E-state index contributed by atoms with van der Waals surface area (Å²) in [6.07, 6.45) is 1.40. The number of nitrogens with one attached hydrogen (secondary N) is 2. The number of rotatable bonds is 14. The van der Waals surface area contributed by atoms with E-state index in [0.29, 0.717) is 16.5 Å². The molecule has 0 aliphatic rings. The first-order valence-electron chi connectivity index (χ1n) is 13.8. The Morgan fingerprint density at radius 2 is 1.65 bits per heavy atom. The zero-order valence-corrected chi connectivity index (χ0v) is 24.8. The van der Waals surface area contributed by atoms with Gasteiger partial charge in [0, 0.05) is 36.9 Å². The number of ether oxygens (including phenoxy) is 1. The molecule has 0 bridgehead atoms. The molecule has 2 aromatic heterocycles. The van der Waals surface area contributed by atoms with Gasteiger partial charge in [-0.2, -0.15) is 0 Å². The molecule has 2 amide bonds. The van der Waals surface area contributed by atoms with Crippen molar-refractivity contribution in [1.82, 2.24) is 19.9 Å². The van der Waals surface area contributed by atoms with E-state index in [1.165, 1.54) is 11.0 Å². The third-order valence-corrected chi connectivity index (χ3v) is 7.67. The van der Waals surface area contributed by atoms with Crippen LogP contribution in [0.25, 0.3) is 11.0 Å². The number of hydrogen-bond acceptors (Lipinski definition) is 8. The third kappa shape index (κ3) is 9.22. The Kier molecular flexibility index (Phi) is 10.6. The number of pyridine rings is 1. The van der Waals surface area contributed by atoms with Gasteiger partial charge in [0.1, 0.15) is 5.58 Å². The Labute approximate surface area is 250 Å². The minimum atomic E-state index is -4.14. The number of amides is 2. The number of hydrogen-bond donors (Lipinski definition) is 2. The Balaban J connectivity index is 1.45. The summed E-state index contributed by atoms with van der Waals surface area (Å²) in [6, 6.07) is 20.8. The number of para-hydroxylation sites is 1. The number of ketones is 1. The summed E-state index contributed by atoms with van der Waals surface area (Å²) < 4.78 is 38.9. The van der Waals surface area contributed by atoms with Crippen LogP contribution in [-0.2, 0) is 37.4 Å². The SMILES string of the molecule is CC(C)C[C@H](OC(=O)NCc1ccccc1)C(=O)N(CC(=O)CNS(=O)(=O)c1cc2ccccc2o1)Cc1ccncc1. The Hall–Kier alpha value is -4.55. The lowest BCUT2D eigenvalue weighted by Crippen LogP contribution is -2.46. The molecule has 0 aliphatic carbocycles. The zero-order chi connectivity index (χ0) is 30.8. The van der Waals surface area contributed by atoms with Crippen molar-refractivity contribution in [3.8, 4) is 0 Å². The minimum absolute atomic E-state index is 0.00929. The van der Waals surface area contributed by atoms with Crippen LogP contribution in [0.2, 0.25) is 0 Å².